The van der Waals surface area contributed by atoms with Gasteiger partial charge in [-0.15, -0.1) is 17.5 Å². The van der Waals surface area contributed by atoms with Gasteiger partial charge in [-0.05, 0) is 46.7 Å². The molecule has 0 spiro atoms. The van der Waals surface area contributed by atoms with E-state index in [1.54, 1.807) is 0 Å². The SMILES string of the molecule is Cn1[cH+]n(-c2[c-]c([Si](C)(C)c3[c-]c4c(cc3)c3ccccc3n4-c3cc(C(C)(C)C)ccn3)ccc2)c2ccccc21.[Pt]. The van der Waals surface area contributed by atoms with E-state index in [4.69, 9.17) is 4.98 Å². The summed E-state index contributed by atoms with van der Waals surface area (Å²) in [5.41, 5.74) is 6.96. The fourth-order valence-corrected chi connectivity index (χ4v) is 8.24. The minimum Gasteiger partial charge on any atom is -0.319 e. The molecule has 0 unspecified atom stereocenters. The van der Waals surface area contributed by atoms with Crippen molar-refractivity contribution in [3.05, 3.63) is 121 Å². The monoisotopic (exact) mass is 758 g/mol. The molecule has 0 bridgehead atoms. The van der Waals surface area contributed by atoms with Crippen LogP contribution in [0.4, 0.5) is 0 Å². The van der Waals surface area contributed by atoms with Gasteiger partial charge >= 0.3 is 0 Å². The Labute approximate surface area is 268 Å². The van der Waals surface area contributed by atoms with Gasteiger partial charge in [0.15, 0.2) is 17.4 Å². The van der Waals surface area contributed by atoms with E-state index in [0.717, 1.165) is 22.5 Å². The predicted molar refractivity (Wildman–Crippen MR) is 178 cm³/mol. The topological polar surface area (TPSA) is 27.7 Å². The minimum atomic E-state index is -2.18. The van der Waals surface area contributed by atoms with Crippen molar-refractivity contribution in [2.24, 2.45) is 7.05 Å². The van der Waals surface area contributed by atoms with E-state index in [0.29, 0.717) is 0 Å². The predicted octanol–water partition coefficient (Wildman–Crippen LogP) is 7.46. The molecule has 6 heteroatoms. The fourth-order valence-electron chi connectivity index (χ4n) is 6.07. The third-order valence-corrected chi connectivity index (χ3v) is 11.9. The number of rotatable bonds is 4. The van der Waals surface area contributed by atoms with E-state index in [2.05, 4.69) is 164 Å². The first-order valence-corrected chi connectivity index (χ1v) is 17.5. The zero-order valence-electron chi connectivity index (χ0n) is 25.4. The molecule has 4 aromatic carbocycles. The molecule has 7 rings (SSSR count). The van der Waals surface area contributed by atoms with Crippen LogP contribution >= 0.6 is 0 Å². The molecule has 0 saturated carbocycles. The minimum absolute atomic E-state index is 0. The van der Waals surface area contributed by atoms with Gasteiger partial charge < -0.3 is 4.57 Å². The van der Waals surface area contributed by atoms with Crippen molar-refractivity contribution in [3.63, 3.8) is 0 Å². The van der Waals surface area contributed by atoms with Gasteiger partial charge in [-0.2, -0.15) is 40.7 Å². The molecule has 218 valence electrons. The van der Waals surface area contributed by atoms with Crippen molar-refractivity contribution in [2.75, 3.05) is 0 Å². The van der Waals surface area contributed by atoms with Crippen LogP contribution in [0.5, 0.6) is 0 Å². The number of benzene rings is 4. The largest absolute Gasteiger partial charge is 0.319 e. The standard InChI is InChI=1S/C37H35N4Si.Pt/c1-37(2,3)26-20-21-38-36(22-26)41-32-15-8-7-14-30(32)31-19-18-29(24-35(31)41)42(5,6)28-13-11-12-27(23-28)40-25-39(4)33-16-9-10-17-34(33)40;/h7-22,25H,1-6H3;/q-1;. The van der Waals surface area contributed by atoms with Crippen molar-refractivity contribution in [2.45, 2.75) is 39.3 Å². The number of nitrogens with zero attached hydrogens (tertiary/aromatic N) is 4. The Bertz CT molecular complexity index is 2130. The van der Waals surface area contributed by atoms with Gasteiger partial charge in [0.1, 0.15) is 5.82 Å². The van der Waals surface area contributed by atoms with Crippen molar-refractivity contribution in [1.82, 2.24) is 18.7 Å². The molecule has 0 fully saturated rings. The van der Waals surface area contributed by atoms with E-state index in [-0.39, 0.29) is 26.5 Å². The zero-order chi connectivity index (χ0) is 29.2. The van der Waals surface area contributed by atoms with Gasteiger partial charge in [-0.25, -0.2) is 14.1 Å². The van der Waals surface area contributed by atoms with E-state index in [9.17, 15) is 0 Å². The summed E-state index contributed by atoms with van der Waals surface area (Å²) in [6, 6.07) is 40.4. The van der Waals surface area contributed by atoms with Crippen LogP contribution < -0.4 is 10.4 Å². The number of aryl methyl sites for hydroxylation is 1. The number of hydrogen-bond donors (Lipinski definition) is 0. The summed E-state index contributed by atoms with van der Waals surface area (Å²) in [7, 11) is -0.0824. The third-order valence-electron chi connectivity index (χ3n) is 8.62. The second-order valence-corrected chi connectivity index (χ2v) is 17.1. The van der Waals surface area contributed by atoms with Gasteiger partial charge in [0, 0.05) is 57.6 Å². The molecule has 0 amide bonds. The number of imidazole rings is 1. The molecular weight excluding hydrogens is 724 g/mol. The number of hydrogen-bond acceptors (Lipinski definition) is 1. The molecule has 0 aliphatic heterocycles. The van der Waals surface area contributed by atoms with E-state index >= 15 is 0 Å². The van der Waals surface area contributed by atoms with Gasteiger partial charge in [0.25, 0.3) is 0 Å². The van der Waals surface area contributed by atoms with Crippen molar-refractivity contribution in [3.8, 4) is 11.5 Å². The first-order valence-electron chi connectivity index (χ1n) is 14.5. The van der Waals surface area contributed by atoms with Gasteiger partial charge in [-0.3, -0.25) is 0 Å². The van der Waals surface area contributed by atoms with Crippen LogP contribution in [0.15, 0.2) is 104 Å². The quantitative estimate of drug-likeness (QED) is 0.135. The molecule has 0 atom stereocenters. The molecule has 3 aromatic heterocycles. The Morgan fingerprint density at radius 2 is 1.44 bits per heavy atom. The van der Waals surface area contributed by atoms with Gasteiger partial charge in [0.05, 0.1) is 8.07 Å². The van der Waals surface area contributed by atoms with Crippen molar-refractivity contribution >= 4 is 51.3 Å². The number of para-hydroxylation sites is 3. The summed E-state index contributed by atoms with van der Waals surface area (Å²) in [5, 5.41) is 4.93. The molecule has 43 heavy (non-hydrogen) atoms. The molecule has 0 aliphatic carbocycles. The summed E-state index contributed by atoms with van der Waals surface area (Å²) in [5.74, 6) is 0.933. The Morgan fingerprint density at radius 3 is 2.21 bits per heavy atom. The summed E-state index contributed by atoms with van der Waals surface area (Å²) in [6.07, 6.45) is 4.08. The van der Waals surface area contributed by atoms with Crippen LogP contribution in [0.2, 0.25) is 13.1 Å². The summed E-state index contributed by atoms with van der Waals surface area (Å²) < 4.78 is 6.70. The molecule has 0 N–H and O–H groups in total. The average molecular weight is 759 g/mol. The average Bonchev–Trinajstić information content (AvgIpc) is 3.51. The maximum Gasteiger partial charge on any atom is 0.188 e. The number of aromatic nitrogens is 4. The molecule has 7 aromatic rings. The van der Waals surface area contributed by atoms with E-state index in [1.165, 1.54) is 37.7 Å². The molecule has 4 nitrogen and oxygen atoms in total. The van der Waals surface area contributed by atoms with Crippen LogP contribution in [-0.4, -0.2) is 26.8 Å². The van der Waals surface area contributed by atoms with Crippen LogP contribution in [0.3, 0.4) is 0 Å². The Balaban J connectivity index is 0.00000329. The van der Waals surface area contributed by atoms with Crippen molar-refractivity contribution in [1.29, 1.82) is 0 Å². The fraction of sp³-hybridized carbons (Fsp3) is 0.189. The Morgan fingerprint density at radius 1 is 0.744 bits per heavy atom. The molecular formula is C37H35N4PtSi-. The molecule has 3 heterocycles. The maximum atomic E-state index is 4.86. The first kappa shape index (κ1) is 29.3. The zero-order valence-corrected chi connectivity index (χ0v) is 28.7. The Hall–Kier alpha value is -3.79. The second-order valence-electron chi connectivity index (χ2n) is 12.8. The maximum absolute atomic E-state index is 4.86. The van der Waals surface area contributed by atoms with E-state index < -0.39 is 8.07 Å². The second kappa shape index (κ2) is 10.7. The van der Waals surface area contributed by atoms with Crippen LogP contribution in [0.25, 0.3) is 44.3 Å². The number of pyridine rings is 1. The van der Waals surface area contributed by atoms with Crippen LogP contribution in [0, 0.1) is 12.1 Å². The van der Waals surface area contributed by atoms with Crippen LogP contribution in [0.1, 0.15) is 26.3 Å². The molecule has 0 saturated heterocycles. The summed E-state index contributed by atoms with van der Waals surface area (Å²) >= 11 is 0. The van der Waals surface area contributed by atoms with Gasteiger partial charge in [0.2, 0.25) is 0 Å². The third kappa shape index (κ3) is 4.89. The summed E-state index contributed by atoms with van der Waals surface area (Å²) in [6.45, 7) is 11.5. The molecule has 0 aliphatic rings. The number of fused-ring (bicyclic) bond motifs is 4. The Kier molecular flexibility index (Phi) is 7.31. The first-order chi connectivity index (χ1) is 20.1. The van der Waals surface area contributed by atoms with Crippen molar-refractivity contribution < 1.29 is 21.1 Å². The smallest absolute Gasteiger partial charge is 0.188 e. The van der Waals surface area contributed by atoms with E-state index in [1.807, 2.05) is 6.20 Å². The van der Waals surface area contributed by atoms with Gasteiger partial charge in [-0.1, -0.05) is 57.6 Å². The summed E-state index contributed by atoms with van der Waals surface area (Å²) in [4.78, 5) is 4.86. The van der Waals surface area contributed by atoms with Crippen LogP contribution in [-0.2, 0) is 33.5 Å². The molecule has 0 radical (unpaired) electrons. The normalized spacial score (nSPS) is 12.2.